The van der Waals surface area contributed by atoms with E-state index in [-0.39, 0.29) is 6.03 Å². The number of rotatable bonds is 2. The molecule has 9 heteroatoms. The SMILES string of the molecule is O=C(Nc1ccccc1)N1CCc2c(cnc3[nH]nc(-c4cccc(C(F)(F)F)c4)c23)C1. The number of nitrogens with zero attached hydrogens (tertiary/aromatic N) is 3. The van der Waals surface area contributed by atoms with Crippen LogP contribution in [0.15, 0.2) is 60.8 Å². The molecule has 0 saturated heterocycles. The number of halogens is 3. The van der Waals surface area contributed by atoms with Crippen LogP contribution in [0.3, 0.4) is 0 Å². The third-order valence-corrected chi connectivity index (χ3v) is 5.55. The molecule has 162 valence electrons. The summed E-state index contributed by atoms with van der Waals surface area (Å²) < 4.78 is 39.6. The van der Waals surface area contributed by atoms with Gasteiger partial charge in [-0.15, -0.1) is 0 Å². The fraction of sp³-hybridized carbons (Fsp3) is 0.174. The average Bonchev–Trinajstić information content (AvgIpc) is 3.23. The molecule has 3 heterocycles. The summed E-state index contributed by atoms with van der Waals surface area (Å²) in [5.74, 6) is 0. The summed E-state index contributed by atoms with van der Waals surface area (Å²) in [6.07, 6.45) is -2.21. The largest absolute Gasteiger partial charge is 0.416 e. The Bertz CT molecular complexity index is 1300. The van der Waals surface area contributed by atoms with Gasteiger partial charge in [0.25, 0.3) is 0 Å². The van der Waals surface area contributed by atoms with Crippen LogP contribution in [0.25, 0.3) is 22.3 Å². The van der Waals surface area contributed by atoms with Gasteiger partial charge in [-0.25, -0.2) is 9.78 Å². The van der Waals surface area contributed by atoms with Crippen molar-refractivity contribution in [2.75, 3.05) is 11.9 Å². The number of anilines is 1. The molecule has 0 unspecified atom stereocenters. The highest BCUT2D eigenvalue weighted by atomic mass is 19.4. The van der Waals surface area contributed by atoms with Crippen molar-refractivity contribution in [3.05, 3.63) is 77.5 Å². The molecule has 2 N–H and O–H groups in total. The molecule has 0 saturated carbocycles. The lowest BCUT2D eigenvalue weighted by molar-refractivity contribution is -0.137. The van der Waals surface area contributed by atoms with Crippen LogP contribution in [-0.2, 0) is 19.1 Å². The number of aromatic nitrogens is 3. The number of carbonyl (C=O) groups is 1. The second-order valence-corrected chi connectivity index (χ2v) is 7.60. The van der Waals surface area contributed by atoms with Crippen LogP contribution in [0, 0.1) is 0 Å². The normalized spacial score (nSPS) is 13.8. The van der Waals surface area contributed by atoms with Crippen LogP contribution >= 0.6 is 0 Å². The standard InChI is InChI=1S/C23H18F3N5O/c24-23(25,26)16-6-4-5-14(11-16)20-19-18-9-10-31(13-15(18)12-27-21(19)30-29-20)22(32)28-17-7-2-1-3-8-17/h1-8,11-12H,9-10,13H2,(H,28,32)(H,27,29,30). The Hall–Kier alpha value is -3.88. The Morgan fingerprint density at radius 3 is 2.69 bits per heavy atom. The van der Waals surface area contributed by atoms with Crippen LogP contribution < -0.4 is 5.32 Å². The fourth-order valence-corrected chi connectivity index (χ4v) is 4.00. The van der Waals surface area contributed by atoms with Crippen LogP contribution in [0.4, 0.5) is 23.7 Å². The molecule has 0 fully saturated rings. The molecule has 0 radical (unpaired) electrons. The number of hydrogen-bond acceptors (Lipinski definition) is 3. The minimum Gasteiger partial charge on any atom is -0.320 e. The Labute approximate surface area is 181 Å². The number of pyridine rings is 1. The van der Waals surface area contributed by atoms with Gasteiger partial charge >= 0.3 is 12.2 Å². The molecular weight excluding hydrogens is 419 g/mol. The van der Waals surface area contributed by atoms with Gasteiger partial charge in [-0.3, -0.25) is 5.10 Å². The number of amides is 2. The quantitative estimate of drug-likeness (QED) is 0.451. The van der Waals surface area contributed by atoms with Crippen LogP contribution in [0.1, 0.15) is 16.7 Å². The van der Waals surface area contributed by atoms with Crippen molar-refractivity contribution < 1.29 is 18.0 Å². The molecule has 4 aromatic rings. The zero-order valence-corrected chi connectivity index (χ0v) is 16.8. The summed E-state index contributed by atoms with van der Waals surface area (Å²) in [5.41, 5.74) is 3.08. The topological polar surface area (TPSA) is 73.9 Å². The van der Waals surface area contributed by atoms with Gasteiger partial charge in [0, 0.05) is 30.5 Å². The first kappa shape index (κ1) is 20.0. The Morgan fingerprint density at radius 2 is 1.91 bits per heavy atom. The molecule has 2 aromatic carbocycles. The van der Waals surface area contributed by atoms with Crippen molar-refractivity contribution in [1.29, 1.82) is 0 Å². The first-order chi connectivity index (χ1) is 15.4. The van der Waals surface area contributed by atoms with Gasteiger partial charge in [-0.2, -0.15) is 18.3 Å². The minimum atomic E-state index is -4.44. The summed E-state index contributed by atoms with van der Waals surface area (Å²) in [7, 11) is 0. The van der Waals surface area contributed by atoms with Crippen molar-refractivity contribution in [3.8, 4) is 11.3 Å². The summed E-state index contributed by atoms with van der Waals surface area (Å²) in [4.78, 5) is 18.8. The van der Waals surface area contributed by atoms with Crippen LogP contribution in [0.5, 0.6) is 0 Å². The number of H-pyrrole nitrogens is 1. The average molecular weight is 437 g/mol. The van der Waals surface area contributed by atoms with Crippen LogP contribution in [0.2, 0.25) is 0 Å². The Morgan fingerprint density at radius 1 is 1.09 bits per heavy atom. The maximum atomic E-state index is 13.2. The van der Waals surface area contributed by atoms with Crippen LogP contribution in [-0.4, -0.2) is 32.7 Å². The maximum Gasteiger partial charge on any atom is 0.416 e. The molecule has 0 atom stereocenters. The zero-order chi connectivity index (χ0) is 22.3. The fourth-order valence-electron chi connectivity index (χ4n) is 4.00. The molecule has 1 aliphatic rings. The van der Waals surface area contributed by atoms with E-state index in [0.29, 0.717) is 47.5 Å². The second kappa shape index (κ2) is 7.67. The number of benzene rings is 2. The summed E-state index contributed by atoms with van der Waals surface area (Å²) in [5, 5.41) is 10.7. The van der Waals surface area contributed by atoms with E-state index in [9.17, 15) is 18.0 Å². The van der Waals surface area contributed by atoms with Crippen molar-refractivity contribution in [1.82, 2.24) is 20.1 Å². The number of carbonyl (C=O) groups excluding carboxylic acids is 1. The lowest BCUT2D eigenvalue weighted by Crippen LogP contribution is -2.39. The third-order valence-electron chi connectivity index (χ3n) is 5.55. The van der Waals surface area contributed by atoms with Crippen molar-refractivity contribution in [2.45, 2.75) is 19.1 Å². The van der Waals surface area contributed by atoms with E-state index in [1.807, 2.05) is 30.3 Å². The number of aromatic amines is 1. The molecule has 2 amide bonds. The van der Waals surface area contributed by atoms with E-state index in [2.05, 4.69) is 20.5 Å². The summed E-state index contributed by atoms with van der Waals surface area (Å²) in [6, 6.07) is 14.1. The predicted molar refractivity (Wildman–Crippen MR) is 114 cm³/mol. The number of para-hydroxylation sites is 1. The lowest BCUT2D eigenvalue weighted by atomic mass is 9.95. The highest BCUT2D eigenvalue weighted by Crippen LogP contribution is 2.36. The molecule has 6 nitrogen and oxygen atoms in total. The highest BCUT2D eigenvalue weighted by molar-refractivity contribution is 5.95. The van der Waals surface area contributed by atoms with Crippen molar-refractivity contribution in [3.63, 3.8) is 0 Å². The number of urea groups is 1. The van der Waals surface area contributed by atoms with E-state index < -0.39 is 11.7 Å². The maximum absolute atomic E-state index is 13.2. The van der Waals surface area contributed by atoms with Gasteiger partial charge in [0.05, 0.1) is 10.9 Å². The molecule has 0 bridgehead atoms. The molecule has 5 rings (SSSR count). The van der Waals surface area contributed by atoms with E-state index in [1.165, 1.54) is 6.07 Å². The highest BCUT2D eigenvalue weighted by Gasteiger charge is 2.31. The van der Waals surface area contributed by atoms with Gasteiger partial charge in [0.15, 0.2) is 5.65 Å². The molecule has 0 spiro atoms. The van der Waals surface area contributed by atoms with Gasteiger partial charge in [-0.05, 0) is 41.8 Å². The van der Waals surface area contributed by atoms with Gasteiger partial charge in [0.2, 0.25) is 0 Å². The monoisotopic (exact) mass is 437 g/mol. The van der Waals surface area contributed by atoms with Gasteiger partial charge < -0.3 is 10.2 Å². The number of fused-ring (bicyclic) bond motifs is 3. The number of nitrogens with one attached hydrogen (secondary N) is 2. The Kier molecular flexibility index (Phi) is 4.80. The Balaban J connectivity index is 1.47. The van der Waals surface area contributed by atoms with Crippen molar-refractivity contribution in [2.24, 2.45) is 0 Å². The molecular formula is C23H18F3N5O. The molecule has 1 aliphatic heterocycles. The predicted octanol–water partition coefficient (Wildman–Crippen LogP) is 5.23. The molecule has 32 heavy (non-hydrogen) atoms. The summed E-state index contributed by atoms with van der Waals surface area (Å²) >= 11 is 0. The molecule has 0 aliphatic carbocycles. The van der Waals surface area contributed by atoms with E-state index in [1.54, 1.807) is 17.2 Å². The van der Waals surface area contributed by atoms with E-state index in [4.69, 9.17) is 0 Å². The lowest BCUT2D eigenvalue weighted by Gasteiger charge is -2.29. The smallest absolute Gasteiger partial charge is 0.320 e. The third kappa shape index (κ3) is 3.66. The van der Waals surface area contributed by atoms with E-state index in [0.717, 1.165) is 23.3 Å². The second-order valence-electron chi connectivity index (χ2n) is 7.60. The van der Waals surface area contributed by atoms with Gasteiger partial charge in [0.1, 0.15) is 5.69 Å². The summed E-state index contributed by atoms with van der Waals surface area (Å²) in [6.45, 7) is 0.822. The first-order valence-electron chi connectivity index (χ1n) is 10.0. The van der Waals surface area contributed by atoms with Gasteiger partial charge in [-0.1, -0.05) is 30.3 Å². The number of alkyl halides is 3. The number of hydrogen-bond donors (Lipinski definition) is 2. The van der Waals surface area contributed by atoms with E-state index >= 15 is 0 Å². The first-order valence-corrected chi connectivity index (χ1v) is 10.0. The zero-order valence-electron chi connectivity index (χ0n) is 16.8. The van der Waals surface area contributed by atoms with Crippen molar-refractivity contribution >= 4 is 22.8 Å². The molecule has 2 aromatic heterocycles. The minimum absolute atomic E-state index is 0.216.